The van der Waals surface area contributed by atoms with Gasteiger partial charge in [-0.1, -0.05) is 66.4 Å². The lowest BCUT2D eigenvalue weighted by Gasteiger charge is -2.17. The van der Waals surface area contributed by atoms with Crippen molar-refractivity contribution in [3.63, 3.8) is 0 Å². The zero-order chi connectivity index (χ0) is 26.6. The van der Waals surface area contributed by atoms with Gasteiger partial charge in [-0.2, -0.15) is 0 Å². The zero-order valence-electron chi connectivity index (χ0n) is 20.9. The fourth-order valence-corrected chi connectivity index (χ4v) is 5.25. The van der Waals surface area contributed by atoms with Crippen molar-refractivity contribution in [2.24, 2.45) is 0 Å². The molecule has 190 valence electrons. The number of thioether (sulfide) groups is 1. The van der Waals surface area contributed by atoms with E-state index < -0.39 is 11.0 Å². The molecular formula is C29H25N5O3S. The van der Waals surface area contributed by atoms with E-state index in [1.165, 1.54) is 35.0 Å². The van der Waals surface area contributed by atoms with Gasteiger partial charge in [0, 0.05) is 29.1 Å². The molecule has 0 saturated carbocycles. The number of fused-ring (bicyclic) bond motifs is 1. The van der Waals surface area contributed by atoms with E-state index in [1.807, 2.05) is 60.0 Å². The molecule has 1 amide bonds. The smallest absolute Gasteiger partial charge is 0.269 e. The van der Waals surface area contributed by atoms with Crippen LogP contribution in [0.25, 0.3) is 16.5 Å². The minimum atomic E-state index is -0.482. The van der Waals surface area contributed by atoms with E-state index in [0.717, 1.165) is 10.8 Å². The van der Waals surface area contributed by atoms with Crippen LogP contribution in [0.2, 0.25) is 0 Å². The number of nitrogens with zero attached hydrogens (tertiary/aromatic N) is 4. The first-order chi connectivity index (χ1) is 18.4. The number of hydrogen-bond acceptors (Lipinski definition) is 6. The maximum absolute atomic E-state index is 13.1. The first-order valence-electron chi connectivity index (χ1n) is 12.1. The van der Waals surface area contributed by atoms with Gasteiger partial charge < -0.3 is 5.32 Å². The molecule has 1 aromatic heterocycles. The summed E-state index contributed by atoms with van der Waals surface area (Å²) in [6, 6.07) is 27.4. The Bertz CT molecular complexity index is 1630. The van der Waals surface area contributed by atoms with Gasteiger partial charge in [-0.15, -0.1) is 10.2 Å². The normalized spacial score (nSPS) is 11.8. The van der Waals surface area contributed by atoms with Crippen molar-refractivity contribution in [2.75, 3.05) is 0 Å². The van der Waals surface area contributed by atoms with Gasteiger partial charge in [0.05, 0.1) is 11.0 Å². The molecule has 0 radical (unpaired) electrons. The molecule has 0 fully saturated rings. The number of aryl methyl sites for hydroxylation is 1. The van der Waals surface area contributed by atoms with Gasteiger partial charge in [-0.3, -0.25) is 19.5 Å². The van der Waals surface area contributed by atoms with Crippen LogP contribution in [0.15, 0.2) is 96.2 Å². The Morgan fingerprint density at radius 1 is 0.974 bits per heavy atom. The Hall–Kier alpha value is -4.50. The number of nitrogens with one attached hydrogen (secondary N) is 1. The van der Waals surface area contributed by atoms with Crippen molar-refractivity contribution in [3.05, 3.63) is 124 Å². The minimum absolute atomic E-state index is 0.00450. The maximum atomic E-state index is 13.1. The van der Waals surface area contributed by atoms with Crippen molar-refractivity contribution in [3.8, 4) is 5.69 Å². The highest BCUT2D eigenvalue weighted by molar-refractivity contribution is 7.98. The summed E-state index contributed by atoms with van der Waals surface area (Å²) in [7, 11) is 0. The van der Waals surface area contributed by atoms with Crippen LogP contribution in [0.1, 0.15) is 40.3 Å². The Balaban J connectivity index is 1.45. The summed E-state index contributed by atoms with van der Waals surface area (Å²) in [6.07, 6.45) is 0. The summed E-state index contributed by atoms with van der Waals surface area (Å²) in [6.45, 7) is 3.91. The number of amides is 1. The topological polar surface area (TPSA) is 103 Å². The van der Waals surface area contributed by atoms with Gasteiger partial charge in [-0.05, 0) is 60.0 Å². The van der Waals surface area contributed by atoms with E-state index in [0.29, 0.717) is 28.0 Å². The van der Waals surface area contributed by atoms with Crippen molar-refractivity contribution in [1.82, 2.24) is 20.1 Å². The SMILES string of the molecule is Cc1ccccc1CSc1nnc(C(C)NC(=O)c2ccc3ccccc3c2)n1-c1ccc([N+](=O)[O-])cc1. The molecule has 1 unspecified atom stereocenters. The van der Waals surface area contributed by atoms with E-state index in [4.69, 9.17) is 0 Å². The second kappa shape index (κ2) is 10.9. The molecule has 1 N–H and O–H groups in total. The molecule has 1 heterocycles. The molecule has 0 aliphatic carbocycles. The number of aromatic nitrogens is 3. The first-order valence-corrected chi connectivity index (χ1v) is 13.1. The Kier molecular flexibility index (Phi) is 7.19. The largest absolute Gasteiger partial charge is 0.342 e. The van der Waals surface area contributed by atoms with Crippen LogP contribution < -0.4 is 5.32 Å². The number of hydrogen-bond donors (Lipinski definition) is 1. The summed E-state index contributed by atoms with van der Waals surface area (Å²) in [5.41, 5.74) is 3.57. The highest BCUT2D eigenvalue weighted by Crippen LogP contribution is 2.29. The van der Waals surface area contributed by atoms with Gasteiger partial charge in [0.1, 0.15) is 0 Å². The molecule has 0 aliphatic heterocycles. The Labute approximate surface area is 223 Å². The third-order valence-electron chi connectivity index (χ3n) is 6.34. The molecule has 8 nitrogen and oxygen atoms in total. The second-order valence-corrected chi connectivity index (χ2v) is 9.86. The molecule has 0 aliphatic rings. The number of rotatable bonds is 8. The van der Waals surface area contributed by atoms with Crippen LogP contribution in [0.5, 0.6) is 0 Å². The number of carbonyl (C=O) groups is 1. The number of nitro benzene ring substituents is 1. The van der Waals surface area contributed by atoms with Gasteiger partial charge in [0.25, 0.3) is 11.6 Å². The average Bonchev–Trinajstić information content (AvgIpc) is 3.36. The van der Waals surface area contributed by atoms with Crippen molar-refractivity contribution in [1.29, 1.82) is 0 Å². The van der Waals surface area contributed by atoms with Gasteiger partial charge in [-0.25, -0.2) is 0 Å². The van der Waals surface area contributed by atoms with Gasteiger partial charge in [0.15, 0.2) is 11.0 Å². The second-order valence-electron chi connectivity index (χ2n) is 8.92. The number of non-ortho nitro benzene ring substituents is 1. The predicted molar refractivity (Wildman–Crippen MR) is 149 cm³/mol. The minimum Gasteiger partial charge on any atom is -0.342 e. The van der Waals surface area contributed by atoms with Crippen LogP contribution in [-0.4, -0.2) is 25.6 Å². The molecule has 5 rings (SSSR count). The van der Waals surface area contributed by atoms with Crippen LogP contribution >= 0.6 is 11.8 Å². The average molecular weight is 524 g/mol. The van der Waals surface area contributed by atoms with E-state index in [2.05, 4.69) is 34.6 Å². The zero-order valence-corrected chi connectivity index (χ0v) is 21.7. The van der Waals surface area contributed by atoms with Crippen molar-refractivity contribution >= 4 is 34.1 Å². The van der Waals surface area contributed by atoms with E-state index in [-0.39, 0.29) is 11.6 Å². The first kappa shape index (κ1) is 25.2. The third-order valence-corrected chi connectivity index (χ3v) is 7.32. The lowest BCUT2D eigenvalue weighted by molar-refractivity contribution is -0.384. The molecular weight excluding hydrogens is 498 g/mol. The lowest BCUT2D eigenvalue weighted by Crippen LogP contribution is -2.28. The Morgan fingerprint density at radius 3 is 2.42 bits per heavy atom. The van der Waals surface area contributed by atoms with E-state index in [1.54, 1.807) is 18.2 Å². The van der Waals surface area contributed by atoms with Crippen LogP contribution in [-0.2, 0) is 5.75 Å². The van der Waals surface area contributed by atoms with Crippen LogP contribution in [0, 0.1) is 17.0 Å². The van der Waals surface area contributed by atoms with Crippen molar-refractivity contribution in [2.45, 2.75) is 30.8 Å². The standard InChI is InChI=1S/C29H25N5O3S/c1-19-7-3-4-10-24(19)18-38-29-32-31-27(33(29)25-13-15-26(16-14-25)34(36)37)20(2)30-28(35)23-12-11-21-8-5-6-9-22(21)17-23/h3-17,20H,18H2,1-2H3,(H,30,35). The van der Waals surface area contributed by atoms with Crippen LogP contribution in [0.3, 0.4) is 0 Å². The summed E-state index contributed by atoms with van der Waals surface area (Å²) >= 11 is 1.52. The molecule has 0 bridgehead atoms. The third kappa shape index (κ3) is 5.28. The monoisotopic (exact) mass is 523 g/mol. The molecule has 38 heavy (non-hydrogen) atoms. The Morgan fingerprint density at radius 2 is 1.68 bits per heavy atom. The highest BCUT2D eigenvalue weighted by Gasteiger charge is 2.22. The fourth-order valence-electron chi connectivity index (χ4n) is 4.21. The van der Waals surface area contributed by atoms with Gasteiger partial charge in [0.2, 0.25) is 0 Å². The van der Waals surface area contributed by atoms with E-state index in [9.17, 15) is 14.9 Å². The molecule has 0 spiro atoms. The van der Waals surface area contributed by atoms with Gasteiger partial charge >= 0.3 is 0 Å². The van der Waals surface area contributed by atoms with E-state index >= 15 is 0 Å². The summed E-state index contributed by atoms with van der Waals surface area (Å²) in [4.78, 5) is 23.9. The molecule has 4 aromatic carbocycles. The summed E-state index contributed by atoms with van der Waals surface area (Å²) in [5.74, 6) is 0.978. The number of nitro groups is 1. The quantitative estimate of drug-likeness (QED) is 0.143. The molecule has 5 aromatic rings. The summed E-state index contributed by atoms with van der Waals surface area (Å²) in [5, 5.41) is 25.8. The van der Waals surface area contributed by atoms with Crippen molar-refractivity contribution < 1.29 is 9.72 Å². The fraction of sp³-hybridized carbons (Fsp3) is 0.138. The lowest BCUT2D eigenvalue weighted by atomic mass is 10.1. The molecule has 9 heteroatoms. The molecule has 1 atom stereocenters. The maximum Gasteiger partial charge on any atom is 0.269 e. The number of carbonyl (C=O) groups excluding carboxylic acids is 1. The molecule has 0 saturated heterocycles. The predicted octanol–water partition coefficient (Wildman–Crippen LogP) is 6.42. The number of benzene rings is 4. The summed E-state index contributed by atoms with van der Waals surface area (Å²) < 4.78 is 1.85. The highest BCUT2D eigenvalue weighted by atomic mass is 32.2. The van der Waals surface area contributed by atoms with Crippen LogP contribution in [0.4, 0.5) is 5.69 Å².